The lowest BCUT2D eigenvalue weighted by Gasteiger charge is -2.41. The van der Waals surface area contributed by atoms with Crippen LogP contribution in [-0.4, -0.2) is 49.6 Å². The molecule has 1 saturated heterocycles. The van der Waals surface area contributed by atoms with Gasteiger partial charge in [0.25, 0.3) is 0 Å². The fourth-order valence-electron chi connectivity index (χ4n) is 4.23. The maximum Gasteiger partial charge on any atom is 0.154 e. The number of rotatable bonds is 6. The first-order valence-corrected chi connectivity index (χ1v) is 10.5. The van der Waals surface area contributed by atoms with Crippen molar-refractivity contribution >= 4 is 17.7 Å². The van der Waals surface area contributed by atoms with Gasteiger partial charge in [0.2, 0.25) is 0 Å². The van der Waals surface area contributed by atoms with Crippen LogP contribution >= 0.6 is 0 Å². The number of methoxy groups -OCH3 is 1. The molecule has 6 heteroatoms. The molecule has 1 aromatic rings. The lowest BCUT2D eigenvalue weighted by Crippen LogP contribution is -2.56. The first-order chi connectivity index (χ1) is 13.6. The first kappa shape index (κ1) is 20.8. The molecule has 1 aliphatic carbocycles. The Balaban J connectivity index is 1.71. The van der Waals surface area contributed by atoms with E-state index in [1.807, 2.05) is 33.2 Å². The van der Waals surface area contributed by atoms with Gasteiger partial charge in [-0.3, -0.25) is 4.99 Å². The van der Waals surface area contributed by atoms with E-state index in [9.17, 15) is 0 Å². The number of hydrogen-bond acceptors (Lipinski definition) is 6. The number of pyridine rings is 1. The summed E-state index contributed by atoms with van der Waals surface area (Å²) in [5.74, 6) is 0.920. The quantitative estimate of drug-likeness (QED) is 0.734. The van der Waals surface area contributed by atoms with Crippen molar-refractivity contribution in [1.29, 1.82) is 0 Å². The maximum atomic E-state index is 5.88. The summed E-state index contributed by atoms with van der Waals surface area (Å²) in [5.41, 5.74) is 8.43. The molecule has 1 aromatic heterocycles. The van der Waals surface area contributed by atoms with Crippen LogP contribution in [0.3, 0.4) is 0 Å². The van der Waals surface area contributed by atoms with Gasteiger partial charge < -0.3 is 20.7 Å². The van der Waals surface area contributed by atoms with E-state index in [1.165, 1.54) is 32.1 Å². The Hall–Kier alpha value is -1.92. The minimum Gasteiger partial charge on any atom is -0.402 e. The van der Waals surface area contributed by atoms with Gasteiger partial charge in [-0.25, -0.2) is 4.98 Å². The second-order valence-electron chi connectivity index (χ2n) is 8.16. The highest BCUT2D eigenvalue weighted by molar-refractivity contribution is 5.78. The molecule has 154 valence electrons. The monoisotopic (exact) mass is 385 g/mol. The Morgan fingerprint density at radius 3 is 2.82 bits per heavy atom. The molecule has 2 heterocycles. The summed E-state index contributed by atoms with van der Waals surface area (Å²) in [4.78, 5) is 11.6. The summed E-state index contributed by atoms with van der Waals surface area (Å²) in [7, 11) is 1.82. The van der Waals surface area contributed by atoms with Crippen LogP contribution in [0.15, 0.2) is 29.0 Å². The van der Waals surface area contributed by atoms with E-state index in [1.54, 1.807) is 6.21 Å². The minimum absolute atomic E-state index is 0.154. The van der Waals surface area contributed by atoms with E-state index in [0.29, 0.717) is 12.1 Å². The normalized spacial score (nSPS) is 24.8. The second-order valence-corrected chi connectivity index (χ2v) is 8.16. The molecule has 28 heavy (non-hydrogen) atoms. The molecule has 0 bridgehead atoms. The summed E-state index contributed by atoms with van der Waals surface area (Å²) in [6.45, 7) is 5.67. The second kappa shape index (κ2) is 10.0. The van der Waals surface area contributed by atoms with E-state index >= 15 is 0 Å². The first-order valence-electron chi connectivity index (χ1n) is 10.5. The van der Waals surface area contributed by atoms with Crippen LogP contribution < -0.4 is 16.0 Å². The molecule has 0 spiro atoms. The summed E-state index contributed by atoms with van der Waals surface area (Å²) < 4.78 is 5.88. The third-order valence-electron chi connectivity index (χ3n) is 5.75. The fraction of sp³-hybridized carbons (Fsp3) is 0.636. The summed E-state index contributed by atoms with van der Waals surface area (Å²) in [5, 5.41) is 3.88. The van der Waals surface area contributed by atoms with Gasteiger partial charge in [0.1, 0.15) is 5.69 Å². The molecule has 3 rings (SSSR count). The van der Waals surface area contributed by atoms with Gasteiger partial charge in [0.15, 0.2) is 5.82 Å². The standard InChI is InChI=1S/C22H35N5O/c1-16-13-20(24-11-9-17(2)23)22(25-14-16)27-12-10-19(21(15-27)28-3)26-18-7-5-4-6-8-18/h9,11,13-14,18-19,21,26H,4-8,10,12,15,23H2,1-3H3/t19-,21+/m0/s1. The molecular weight excluding hydrogens is 350 g/mol. The number of nitrogens with one attached hydrogen (secondary N) is 1. The van der Waals surface area contributed by atoms with Crippen LogP contribution in [0, 0.1) is 6.92 Å². The van der Waals surface area contributed by atoms with Crippen molar-refractivity contribution in [1.82, 2.24) is 10.3 Å². The van der Waals surface area contributed by atoms with Crippen molar-refractivity contribution < 1.29 is 4.74 Å². The smallest absolute Gasteiger partial charge is 0.154 e. The van der Waals surface area contributed by atoms with Crippen molar-refractivity contribution in [2.24, 2.45) is 10.7 Å². The highest BCUT2D eigenvalue weighted by Gasteiger charge is 2.32. The van der Waals surface area contributed by atoms with Crippen LogP contribution in [0.5, 0.6) is 0 Å². The van der Waals surface area contributed by atoms with Crippen molar-refractivity contribution in [2.45, 2.75) is 70.6 Å². The third-order valence-corrected chi connectivity index (χ3v) is 5.75. The van der Waals surface area contributed by atoms with Gasteiger partial charge >= 0.3 is 0 Å². The molecule has 2 fully saturated rings. The molecule has 3 N–H and O–H groups in total. The largest absolute Gasteiger partial charge is 0.402 e. The average Bonchev–Trinajstić information content (AvgIpc) is 2.69. The predicted octanol–water partition coefficient (Wildman–Crippen LogP) is 3.47. The van der Waals surface area contributed by atoms with Crippen molar-refractivity contribution in [2.75, 3.05) is 25.1 Å². The number of aromatic nitrogens is 1. The van der Waals surface area contributed by atoms with Gasteiger partial charge in [-0.1, -0.05) is 19.3 Å². The highest BCUT2D eigenvalue weighted by Crippen LogP contribution is 2.30. The van der Waals surface area contributed by atoms with Crippen LogP contribution in [0.25, 0.3) is 0 Å². The molecular formula is C22H35N5O. The fourth-order valence-corrected chi connectivity index (χ4v) is 4.23. The molecule has 2 atom stereocenters. The average molecular weight is 386 g/mol. The van der Waals surface area contributed by atoms with Crippen LogP contribution in [0.4, 0.5) is 11.5 Å². The van der Waals surface area contributed by atoms with Crippen LogP contribution in [0.1, 0.15) is 51.0 Å². The topological polar surface area (TPSA) is 75.8 Å². The molecule has 2 aliphatic rings. The Kier molecular flexibility index (Phi) is 7.45. The third kappa shape index (κ3) is 5.55. The van der Waals surface area contributed by atoms with Crippen LogP contribution in [-0.2, 0) is 4.74 Å². The lowest BCUT2D eigenvalue weighted by molar-refractivity contribution is 0.0534. The number of ether oxygens (including phenoxy) is 1. The Morgan fingerprint density at radius 2 is 2.11 bits per heavy atom. The molecule has 1 saturated carbocycles. The number of piperidine rings is 1. The van der Waals surface area contributed by atoms with E-state index in [4.69, 9.17) is 15.5 Å². The molecule has 0 amide bonds. The molecule has 0 radical (unpaired) electrons. The van der Waals surface area contributed by atoms with E-state index in [2.05, 4.69) is 21.3 Å². The van der Waals surface area contributed by atoms with Gasteiger partial charge in [-0.15, -0.1) is 0 Å². The molecule has 0 unspecified atom stereocenters. The van der Waals surface area contributed by atoms with E-state index in [0.717, 1.165) is 42.3 Å². The van der Waals surface area contributed by atoms with E-state index < -0.39 is 0 Å². The number of aryl methyl sites for hydroxylation is 1. The summed E-state index contributed by atoms with van der Waals surface area (Å²) in [6.07, 6.45) is 13.3. The zero-order valence-electron chi connectivity index (χ0n) is 17.5. The number of anilines is 1. The van der Waals surface area contributed by atoms with Gasteiger partial charge in [-0.05, 0) is 50.8 Å². The maximum absolute atomic E-state index is 5.88. The molecule has 6 nitrogen and oxygen atoms in total. The number of hydrogen-bond donors (Lipinski definition) is 2. The van der Waals surface area contributed by atoms with Crippen LogP contribution in [0.2, 0.25) is 0 Å². The minimum atomic E-state index is 0.154. The Morgan fingerprint density at radius 1 is 1.32 bits per heavy atom. The zero-order chi connectivity index (χ0) is 19.9. The highest BCUT2D eigenvalue weighted by atomic mass is 16.5. The number of aliphatic imine (C=N–C) groups is 1. The van der Waals surface area contributed by atoms with Crippen molar-refractivity contribution in [3.05, 3.63) is 29.6 Å². The SMILES string of the molecule is CO[C@@H]1CN(c2ncc(C)cc2N=CC=C(C)N)CC[C@@H]1NC1CCCCC1. The summed E-state index contributed by atoms with van der Waals surface area (Å²) in [6, 6.07) is 3.13. The summed E-state index contributed by atoms with van der Waals surface area (Å²) >= 11 is 0. The predicted molar refractivity (Wildman–Crippen MR) is 116 cm³/mol. The lowest BCUT2D eigenvalue weighted by atomic mass is 9.92. The van der Waals surface area contributed by atoms with Gasteiger partial charge in [0.05, 0.1) is 6.10 Å². The van der Waals surface area contributed by atoms with Crippen molar-refractivity contribution in [3.8, 4) is 0 Å². The Labute approximate surface area is 169 Å². The number of allylic oxidation sites excluding steroid dienone is 2. The zero-order valence-corrected chi connectivity index (χ0v) is 17.5. The molecule has 0 aromatic carbocycles. The molecule has 1 aliphatic heterocycles. The number of nitrogens with zero attached hydrogens (tertiary/aromatic N) is 3. The van der Waals surface area contributed by atoms with Crippen molar-refractivity contribution in [3.63, 3.8) is 0 Å². The van der Waals surface area contributed by atoms with Gasteiger partial charge in [0, 0.05) is 50.4 Å². The number of nitrogens with two attached hydrogens (primary N) is 1. The Bertz CT molecular complexity index is 692. The van der Waals surface area contributed by atoms with Gasteiger partial charge in [-0.2, -0.15) is 0 Å². The van der Waals surface area contributed by atoms with E-state index in [-0.39, 0.29) is 6.10 Å².